The van der Waals surface area contributed by atoms with E-state index in [-0.39, 0.29) is 35.1 Å². The molecular formula is C28H38ClN5O3. The lowest BCUT2D eigenvalue weighted by atomic mass is 9.52. The van der Waals surface area contributed by atoms with E-state index in [1.165, 1.54) is 12.1 Å². The highest BCUT2D eigenvalue weighted by Crippen LogP contribution is 2.53. The Hall–Kier alpha value is -2.89. The topological polar surface area (TPSA) is 122 Å². The molecule has 2 aromatic rings. The smallest absolute Gasteiger partial charge is 0.254 e. The van der Waals surface area contributed by atoms with Crippen LogP contribution in [0.5, 0.6) is 5.75 Å². The number of phenolic OH excluding ortho intramolecular Hbond substituents is 1. The van der Waals surface area contributed by atoms with Crippen molar-refractivity contribution in [1.82, 2.24) is 15.3 Å². The minimum atomic E-state index is -0.102. The average Bonchev–Trinajstić information content (AvgIpc) is 2.85. The number of aliphatic hydroxyl groups excluding tert-OH is 1. The number of aromatic hydroxyl groups is 1. The molecule has 2 heterocycles. The van der Waals surface area contributed by atoms with Crippen molar-refractivity contribution in [2.45, 2.75) is 60.4 Å². The van der Waals surface area contributed by atoms with E-state index < -0.39 is 0 Å². The summed E-state index contributed by atoms with van der Waals surface area (Å²) >= 11 is 5.72. The summed E-state index contributed by atoms with van der Waals surface area (Å²) in [7, 11) is 0. The number of hydrogen-bond donors (Lipinski definition) is 3. The Morgan fingerprint density at radius 2 is 1.86 bits per heavy atom. The van der Waals surface area contributed by atoms with Crippen molar-refractivity contribution >= 4 is 23.5 Å². The van der Waals surface area contributed by atoms with Crippen LogP contribution in [0.15, 0.2) is 24.5 Å². The number of hydrogen-bond acceptors (Lipinski definition) is 7. The monoisotopic (exact) mass is 527 g/mol. The van der Waals surface area contributed by atoms with Crippen molar-refractivity contribution in [1.29, 1.82) is 5.26 Å². The van der Waals surface area contributed by atoms with Crippen molar-refractivity contribution < 1.29 is 15.0 Å². The summed E-state index contributed by atoms with van der Waals surface area (Å²) < 4.78 is 0. The van der Waals surface area contributed by atoms with Crippen LogP contribution in [-0.4, -0.2) is 51.8 Å². The van der Waals surface area contributed by atoms with Crippen molar-refractivity contribution in [3.63, 3.8) is 0 Å². The Bertz CT molecular complexity index is 1150. The number of aliphatic hydroxyl groups is 1. The first-order valence-electron chi connectivity index (χ1n) is 12.7. The maximum absolute atomic E-state index is 12.6. The molecular weight excluding hydrogens is 490 g/mol. The van der Waals surface area contributed by atoms with E-state index in [0.29, 0.717) is 39.5 Å². The number of piperidine rings is 1. The normalized spacial score (nSPS) is 22.2. The molecule has 1 saturated carbocycles. The zero-order valence-electron chi connectivity index (χ0n) is 22.5. The van der Waals surface area contributed by atoms with Gasteiger partial charge in [-0.1, -0.05) is 46.2 Å². The molecule has 1 aliphatic heterocycles. The first-order valence-corrected chi connectivity index (χ1v) is 13.1. The van der Waals surface area contributed by atoms with Gasteiger partial charge in [0.05, 0.1) is 16.1 Å². The molecule has 1 aromatic carbocycles. The van der Waals surface area contributed by atoms with E-state index in [9.17, 15) is 9.90 Å². The fraction of sp³-hybridized carbons (Fsp3) is 0.571. The number of halogens is 1. The lowest BCUT2D eigenvalue weighted by molar-refractivity contribution is -0.0366. The molecule has 200 valence electrons. The summed E-state index contributed by atoms with van der Waals surface area (Å²) in [5, 5.41) is 30.5. The molecule has 0 spiro atoms. The van der Waals surface area contributed by atoms with Gasteiger partial charge in [0.2, 0.25) is 5.95 Å². The molecule has 2 atom stereocenters. The SMILES string of the molecule is CC1CN(c2ncc(C(=O)NC3C(C)(C)CC3(C)C)cn2)CCC1CO.Cc1c(O)ccc(C#N)c1Cl. The molecule has 8 nitrogen and oxygen atoms in total. The van der Waals surface area contributed by atoms with Gasteiger partial charge in [-0.05, 0) is 54.6 Å². The van der Waals surface area contributed by atoms with Gasteiger partial charge in [-0.25, -0.2) is 9.97 Å². The predicted molar refractivity (Wildman–Crippen MR) is 145 cm³/mol. The number of amides is 1. The second-order valence-electron chi connectivity index (χ2n) is 11.7. The van der Waals surface area contributed by atoms with Crippen LogP contribution in [0, 0.1) is 40.9 Å². The van der Waals surface area contributed by atoms with E-state index in [2.05, 4.69) is 54.8 Å². The minimum Gasteiger partial charge on any atom is -0.508 e. The Labute approximate surface area is 224 Å². The van der Waals surface area contributed by atoms with Crippen LogP contribution >= 0.6 is 11.6 Å². The molecule has 1 saturated heterocycles. The lowest BCUT2D eigenvalue weighted by Crippen LogP contribution is -2.63. The number of benzene rings is 1. The second-order valence-corrected chi connectivity index (χ2v) is 12.0. The zero-order valence-corrected chi connectivity index (χ0v) is 23.3. The summed E-state index contributed by atoms with van der Waals surface area (Å²) in [5.41, 5.74) is 1.68. The Morgan fingerprint density at radius 1 is 1.24 bits per heavy atom. The predicted octanol–water partition coefficient (Wildman–Crippen LogP) is 4.71. The Morgan fingerprint density at radius 3 is 2.38 bits per heavy atom. The first kappa shape index (κ1) is 28.7. The number of phenols is 1. The maximum Gasteiger partial charge on any atom is 0.254 e. The van der Waals surface area contributed by atoms with E-state index in [4.69, 9.17) is 22.0 Å². The van der Waals surface area contributed by atoms with Crippen LogP contribution in [0.2, 0.25) is 5.02 Å². The van der Waals surface area contributed by atoms with Gasteiger partial charge in [-0.3, -0.25) is 4.79 Å². The molecule has 2 aliphatic rings. The van der Waals surface area contributed by atoms with Gasteiger partial charge in [0, 0.05) is 43.7 Å². The molecule has 9 heteroatoms. The number of nitriles is 1. The second kappa shape index (κ2) is 11.2. The molecule has 1 aliphatic carbocycles. The van der Waals surface area contributed by atoms with Gasteiger partial charge in [0.15, 0.2) is 0 Å². The molecule has 1 amide bonds. The molecule has 37 heavy (non-hydrogen) atoms. The minimum absolute atomic E-state index is 0.102. The van der Waals surface area contributed by atoms with E-state index in [1.807, 2.05) is 6.07 Å². The lowest BCUT2D eigenvalue weighted by Gasteiger charge is -2.57. The van der Waals surface area contributed by atoms with Gasteiger partial charge in [0.1, 0.15) is 11.8 Å². The van der Waals surface area contributed by atoms with Crippen LogP contribution < -0.4 is 10.2 Å². The Balaban J connectivity index is 0.000000289. The highest BCUT2D eigenvalue weighted by molar-refractivity contribution is 6.32. The van der Waals surface area contributed by atoms with E-state index in [1.54, 1.807) is 19.3 Å². The molecule has 4 rings (SSSR count). The van der Waals surface area contributed by atoms with Crippen molar-refractivity contribution in [2.24, 2.45) is 22.7 Å². The molecule has 2 unspecified atom stereocenters. The van der Waals surface area contributed by atoms with Gasteiger partial charge < -0.3 is 20.4 Å². The summed E-state index contributed by atoms with van der Waals surface area (Å²) in [6.07, 6.45) is 5.29. The first-order chi connectivity index (χ1) is 17.3. The summed E-state index contributed by atoms with van der Waals surface area (Å²) in [6, 6.07) is 5.02. The molecule has 0 radical (unpaired) electrons. The standard InChI is InChI=1S/C20H32N4O2.C8H6ClNO/c1-13-10-24(7-6-14(13)11-25)18-21-8-15(9-22-18)16(26)23-17-19(2,3)12-20(17,4)5;1-5-7(11)3-2-6(4-10)8(5)9/h8-9,13-14,17,25H,6-7,10-12H2,1-5H3,(H,23,26);2-3,11H,1H3. The molecule has 0 bridgehead atoms. The largest absolute Gasteiger partial charge is 0.508 e. The third-order valence-electron chi connectivity index (χ3n) is 7.73. The van der Waals surface area contributed by atoms with Crippen LogP contribution in [0.3, 0.4) is 0 Å². The molecule has 2 fully saturated rings. The van der Waals surface area contributed by atoms with E-state index >= 15 is 0 Å². The number of nitrogens with zero attached hydrogens (tertiary/aromatic N) is 4. The van der Waals surface area contributed by atoms with E-state index in [0.717, 1.165) is 25.9 Å². The summed E-state index contributed by atoms with van der Waals surface area (Å²) in [5.74, 6) is 1.44. The number of aromatic nitrogens is 2. The number of carbonyl (C=O) groups excluding carboxylic acids is 1. The molecule has 1 aromatic heterocycles. The third kappa shape index (κ3) is 6.34. The number of nitrogens with one attached hydrogen (secondary N) is 1. The third-order valence-corrected chi connectivity index (χ3v) is 8.22. The van der Waals surface area contributed by atoms with Crippen LogP contribution in [0.25, 0.3) is 0 Å². The zero-order chi connectivity index (χ0) is 27.5. The number of carbonyl (C=O) groups is 1. The Kier molecular flexibility index (Phi) is 8.71. The summed E-state index contributed by atoms with van der Waals surface area (Å²) in [4.78, 5) is 23.6. The van der Waals surface area contributed by atoms with Gasteiger partial charge in [-0.2, -0.15) is 5.26 Å². The number of anilines is 1. The maximum atomic E-state index is 12.6. The summed E-state index contributed by atoms with van der Waals surface area (Å²) in [6.45, 7) is 14.5. The highest BCUT2D eigenvalue weighted by Gasteiger charge is 2.53. The number of rotatable bonds is 4. The average molecular weight is 528 g/mol. The van der Waals surface area contributed by atoms with Gasteiger partial charge >= 0.3 is 0 Å². The highest BCUT2D eigenvalue weighted by atomic mass is 35.5. The fourth-order valence-electron chi connectivity index (χ4n) is 5.92. The van der Waals surface area contributed by atoms with Crippen LogP contribution in [0.4, 0.5) is 5.95 Å². The van der Waals surface area contributed by atoms with Gasteiger partial charge in [-0.15, -0.1) is 0 Å². The van der Waals surface area contributed by atoms with Crippen LogP contribution in [-0.2, 0) is 0 Å². The fourth-order valence-corrected chi connectivity index (χ4v) is 6.12. The van der Waals surface area contributed by atoms with Gasteiger partial charge in [0.25, 0.3) is 5.91 Å². The quantitative estimate of drug-likeness (QED) is 0.526. The van der Waals surface area contributed by atoms with Crippen molar-refractivity contribution in [2.75, 3.05) is 24.6 Å². The molecule has 3 N–H and O–H groups in total. The van der Waals surface area contributed by atoms with Crippen molar-refractivity contribution in [3.05, 3.63) is 46.2 Å². The van der Waals surface area contributed by atoms with Crippen molar-refractivity contribution in [3.8, 4) is 11.8 Å². The van der Waals surface area contributed by atoms with Crippen LogP contribution in [0.1, 0.15) is 68.9 Å².